The molecule has 0 saturated carbocycles. The molecule has 0 atom stereocenters. The lowest BCUT2D eigenvalue weighted by molar-refractivity contribution is 0.0693. The van der Waals surface area contributed by atoms with Gasteiger partial charge < -0.3 is 9.84 Å². The van der Waals surface area contributed by atoms with Gasteiger partial charge in [0.15, 0.2) is 0 Å². The highest BCUT2D eigenvalue weighted by Gasteiger charge is 2.21. The molecule has 118 valence electrons. The number of H-pyrrole nitrogens is 1. The van der Waals surface area contributed by atoms with Crippen LogP contribution in [-0.2, 0) is 12.0 Å². The molecule has 2 aromatic rings. The van der Waals surface area contributed by atoms with Gasteiger partial charge in [0.25, 0.3) is 0 Å². The van der Waals surface area contributed by atoms with Crippen LogP contribution in [0.1, 0.15) is 48.1 Å². The van der Waals surface area contributed by atoms with Crippen LogP contribution in [0, 0.1) is 6.92 Å². The van der Waals surface area contributed by atoms with E-state index in [2.05, 4.69) is 46.9 Å². The van der Waals surface area contributed by atoms with Crippen molar-refractivity contribution < 1.29 is 14.6 Å². The second-order valence-corrected chi connectivity index (χ2v) is 7.07. The van der Waals surface area contributed by atoms with Crippen molar-refractivity contribution in [3.05, 3.63) is 45.2 Å². The SMILES string of the molecule is Cc1[nH]nc(COc2ccc(Br)cc2C(C)(C)C)c1C(=O)O. The summed E-state index contributed by atoms with van der Waals surface area (Å²) in [4.78, 5) is 11.3. The summed E-state index contributed by atoms with van der Waals surface area (Å²) < 4.78 is 6.82. The van der Waals surface area contributed by atoms with Gasteiger partial charge >= 0.3 is 5.97 Å². The number of carboxylic acids is 1. The fraction of sp³-hybridized carbons (Fsp3) is 0.375. The third kappa shape index (κ3) is 3.50. The molecule has 0 spiro atoms. The van der Waals surface area contributed by atoms with Gasteiger partial charge in [0.05, 0.1) is 0 Å². The summed E-state index contributed by atoms with van der Waals surface area (Å²) in [7, 11) is 0. The minimum atomic E-state index is -1.00. The summed E-state index contributed by atoms with van der Waals surface area (Å²) in [5.74, 6) is -0.274. The third-order valence-corrected chi connectivity index (χ3v) is 3.84. The monoisotopic (exact) mass is 366 g/mol. The van der Waals surface area contributed by atoms with Gasteiger partial charge in [-0.1, -0.05) is 36.7 Å². The Morgan fingerprint density at radius 1 is 1.41 bits per heavy atom. The minimum Gasteiger partial charge on any atom is -0.487 e. The van der Waals surface area contributed by atoms with Crippen LogP contribution >= 0.6 is 15.9 Å². The van der Waals surface area contributed by atoms with Gasteiger partial charge in [0.1, 0.15) is 23.6 Å². The standard InChI is InChI=1S/C16H19BrN2O3/c1-9-14(15(20)21)12(19-18-9)8-22-13-6-5-10(17)7-11(13)16(2,3)4/h5-7H,8H2,1-4H3,(H,18,19)(H,20,21). The average molecular weight is 367 g/mol. The van der Waals surface area contributed by atoms with E-state index in [0.717, 1.165) is 15.8 Å². The van der Waals surface area contributed by atoms with Crippen molar-refractivity contribution in [2.75, 3.05) is 0 Å². The maximum atomic E-state index is 11.3. The summed E-state index contributed by atoms with van der Waals surface area (Å²) in [5, 5.41) is 15.9. The second kappa shape index (κ2) is 6.12. The number of halogens is 1. The van der Waals surface area contributed by atoms with Crippen LogP contribution in [0.2, 0.25) is 0 Å². The summed E-state index contributed by atoms with van der Waals surface area (Å²) in [5.41, 5.74) is 2.06. The number of carbonyl (C=O) groups is 1. The lowest BCUT2D eigenvalue weighted by Crippen LogP contribution is -2.14. The van der Waals surface area contributed by atoms with E-state index in [1.165, 1.54) is 0 Å². The first-order chi connectivity index (χ1) is 10.2. The van der Waals surface area contributed by atoms with E-state index in [1.807, 2.05) is 18.2 Å². The van der Waals surface area contributed by atoms with Crippen LogP contribution in [0.5, 0.6) is 5.75 Å². The van der Waals surface area contributed by atoms with Crippen LogP contribution in [0.15, 0.2) is 22.7 Å². The summed E-state index contributed by atoms with van der Waals surface area (Å²) in [6.45, 7) is 8.09. The number of nitrogens with zero attached hydrogens (tertiary/aromatic N) is 1. The highest BCUT2D eigenvalue weighted by atomic mass is 79.9. The molecule has 0 unspecified atom stereocenters. The topological polar surface area (TPSA) is 75.2 Å². The van der Waals surface area contributed by atoms with Gasteiger partial charge in [-0.25, -0.2) is 4.79 Å². The minimum absolute atomic E-state index is 0.0871. The molecule has 0 aliphatic heterocycles. The normalized spacial score (nSPS) is 11.5. The van der Waals surface area contributed by atoms with E-state index in [-0.39, 0.29) is 17.6 Å². The van der Waals surface area contributed by atoms with Gasteiger partial charge in [-0.3, -0.25) is 5.10 Å². The van der Waals surface area contributed by atoms with Gasteiger partial charge in [-0.2, -0.15) is 5.10 Å². The number of aryl methyl sites for hydroxylation is 1. The fourth-order valence-corrected chi connectivity index (χ4v) is 2.59. The zero-order chi connectivity index (χ0) is 16.5. The Balaban J connectivity index is 2.28. The van der Waals surface area contributed by atoms with Crippen molar-refractivity contribution in [2.24, 2.45) is 0 Å². The molecule has 0 aliphatic carbocycles. The molecular weight excluding hydrogens is 348 g/mol. The van der Waals surface area contributed by atoms with Crippen molar-refractivity contribution in [1.82, 2.24) is 10.2 Å². The molecule has 1 heterocycles. The summed E-state index contributed by atoms with van der Waals surface area (Å²) >= 11 is 3.47. The van der Waals surface area contributed by atoms with E-state index < -0.39 is 5.97 Å². The molecule has 1 aromatic heterocycles. The molecule has 0 fully saturated rings. The van der Waals surface area contributed by atoms with Crippen LogP contribution in [0.4, 0.5) is 0 Å². The largest absolute Gasteiger partial charge is 0.487 e. The Bertz CT molecular complexity index is 702. The molecule has 0 aliphatic rings. The summed E-state index contributed by atoms with van der Waals surface area (Å²) in [6, 6.07) is 5.80. The number of hydrogen-bond acceptors (Lipinski definition) is 3. The molecule has 22 heavy (non-hydrogen) atoms. The van der Waals surface area contributed by atoms with Crippen molar-refractivity contribution in [2.45, 2.75) is 39.7 Å². The van der Waals surface area contributed by atoms with E-state index in [4.69, 9.17) is 4.74 Å². The number of benzene rings is 1. The Morgan fingerprint density at radius 2 is 2.09 bits per heavy atom. The quantitative estimate of drug-likeness (QED) is 0.855. The van der Waals surface area contributed by atoms with Crippen molar-refractivity contribution in [3.63, 3.8) is 0 Å². The van der Waals surface area contributed by atoms with E-state index >= 15 is 0 Å². The molecule has 1 aromatic carbocycles. The number of ether oxygens (including phenoxy) is 1. The van der Waals surface area contributed by atoms with E-state index in [9.17, 15) is 9.90 Å². The lowest BCUT2D eigenvalue weighted by atomic mass is 9.86. The first-order valence-corrected chi connectivity index (χ1v) is 7.69. The number of rotatable bonds is 4. The van der Waals surface area contributed by atoms with E-state index in [0.29, 0.717) is 11.4 Å². The number of carboxylic acid groups (broad SMARTS) is 1. The number of hydrogen-bond donors (Lipinski definition) is 2. The molecule has 0 radical (unpaired) electrons. The molecule has 6 heteroatoms. The number of aromatic nitrogens is 2. The van der Waals surface area contributed by atoms with E-state index in [1.54, 1.807) is 6.92 Å². The first-order valence-electron chi connectivity index (χ1n) is 6.90. The molecule has 0 amide bonds. The second-order valence-electron chi connectivity index (χ2n) is 6.15. The zero-order valence-electron chi connectivity index (χ0n) is 13.0. The van der Waals surface area contributed by atoms with Crippen molar-refractivity contribution in [3.8, 4) is 5.75 Å². The van der Waals surface area contributed by atoms with Gasteiger partial charge in [0.2, 0.25) is 0 Å². The average Bonchev–Trinajstić information content (AvgIpc) is 2.77. The molecule has 2 rings (SSSR count). The molecule has 0 saturated heterocycles. The predicted octanol–water partition coefficient (Wildman–Crippen LogP) is 4.06. The number of nitrogens with one attached hydrogen (secondary N) is 1. The Kier molecular flexibility index (Phi) is 4.60. The Labute approximate surface area is 137 Å². The molecule has 5 nitrogen and oxygen atoms in total. The van der Waals surface area contributed by atoms with Crippen LogP contribution in [0.25, 0.3) is 0 Å². The fourth-order valence-electron chi connectivity index (χ4n) is 2.23. The first kappa shape index (κ1) is 16.5. The molecule has 2 N–H and O–H groups in total. The zero-order valence-corrected chi connectivity index (χ0v) is 14.6. The van der Waals surface area contributed by atoms with Crippen LogP contribution < -0.4 is 4.74 Å². The van der Waals surface area contributed by atoms with Crippen LogP contribution in [-0.4, -0.2) is 21.3 Å². The number of aromatic amines is 1. The smallest absolute Gasteiger partial charge is 0.339 e. The maximum Gasteiger partial charge on any atom is 0.339 e. The van der Waals surface area contributed by atoms with Crippen LogP contribution in [0.3, 0.4) is 0 Å². The predicted molar refractivity (Wildman–Crippen MR) is 87.5 cm³/mol. The van der Waals surface area contributed by atoms with Gasteiger partial charge in [0, 0.05) is 15.7 Å². The third-order valence-electron chi connectivity index (χ3n) is 3.35. The summed E-state index contributed by atoms with van der Waals surface area (Å²) in [6.07, 6.45) is 0. The lowest BCUT2D eigenvalue weighted by Gasteiger charge is -2.23. The van der Waals surface area contributed by atoms with Gasteiger partial charge in [-0.15, -0.1) is 0 Å². The molecular formula is C16H19BrN2O3. The van der Waals surface area contributed by atoms with Crippen molar-refractivity contribution in [1.29, 1.82) is 0 Å². The molecule has 0 bridgehead atoms. The highest BCUT2D eigenvalue weighted by Crippen LogP contribution is 2.34. The maximum absolute atomic E-state index is 11.3. The van der Waals surface area contributed by atoms with Crippen molar-refractivity contribution >= 4 is 21.9 Å². The Morgan fingerprint density at radius 3 is 2.68 bits per heavy atom. The highest BCUT2D eigenvalue weighted by molar-refractivity contribution is 9.10. The number of aromatic carboxylic acids is 1. The van der Waals surface area contributed by atoms with Gasteiger partial charge in [-0.05, 0) is 30.5 Å². The Hall–Kier alpha value is -1.82.